The average Bonchev–Trinajstić information content (AvgIpc) is 2.47. The number of rotatable bonds is 1. The fourth-order valence-corrected chi connectivity index (χ4v) is 1.97. The third kappa shape index (κ3) is 1.30. The third-order valence-corrected chi connectivity index (χ3v) is 2.66. The zero-order chi connectivity index (χ0) is 10.3. The molecule has 4 heteroatoms. The highest BCUT2D eigenvalue weighted by Crippen LogP contribution is 2.37. The van der Waals surface area contributed by atoms with Crippen molar-refractivity contribution in [1.29, 1.82) is 0 Å². The molecule has 1 aliphatic carbocycles. The van der Waals surface area contributed by atoms with Gasteiger partial charge in [0, 0.05) is 6.04 Å². The van der Waals surface area contributed by atoms with Crippen LogP contribution in [0.1, 0.15) is 35.6 Å². The van der Waals surface area contributed by atoms with E-state index >= 15 is 0 Å². The summed E-state index contributed by atoms with van der Waals surface area (Å²) >= 11 is 0. The summed E-state index contributed by atoms with van der Waals surface area (Å²) in [5.41, 5.74) is 6.31. The Morgan fingerprint density at radius 2 is 2.07 bits per heavy atom. The molecule has 76 valence electrons. The number of fused-ring (bicyclic) bond motifs is 1. The van der Waals surface area contributed by atoms with E-state index in [1.54, 1.807) is 0 Å². The molecule has 0 unspecified atom stereocenters. The minimum absolute atomic E-state index is 0.219. The normalized spacial score (nSPS) is 20.2. The van der Waals surface area contributed by atoms with Gasteiger partial charge in [-0.2, -0.15) is 0 Å². The summed E-state index contributed by atoms with van der Waals surface area (Å²) in [7, 11) is 0. The van der Waals surface area contributed by atoms with E-state index in [0.29, 0.717) is 24.0 Å². The maximum atomic E-state index is 13.1. The van der Waals surface area contributed by atoms with Crippen molar-refractivity contribution >= 4 is 0 Å². The summed E-state index contributed by atoms with van der Waals surface area (Å²) in [6.07, 6.45) is -1.68. The molecule has 0 heterocycles. The van der Waals surface area contributed by atoms with Gasteiger partial charge in [0.1, 0.15) is 5.82 Å². The minimum atomic E-state index is -2.75. The fourth-order valence-electron chi connectivity index (χ4n) is 1.97. The van der Waals surface area contributed by atoms with Crippen molar-refractivity contribution in [3.8, 4) is 0 Å². The van der Waals surface area contributed by atoms with Gasteiger partial charge in [-0.15, -0.1) is 0 Å². The van der Waals surface area contributed by atoms with E-state index < -0.39 is 17.8 Å². The molecule has 0 bridgehead atoms. The number of benzene rings is 1. The summed E-state index contributed by atoms with van der Waals surface area (Å²) in [5, 5.41) is 0. The number of nitrogens with two attached hydrogens (primary N) is 1. The molecular formula is C10H10F3N. The van der Waals surface area contributed by atoms with Gasteiger partial charge in [-0.25, -0.2) is 13.2 Å². The SMILES string of the molecule is N[C@@H]1CCc2c1ccc(F)c2C(F)F. The predicted octanol–water partition coefficient (Wildman–Crippen LogP) is 2.71. The van der Waals surface area contributed by atoms with Crippen LogP contribution in [0.25, 0.3) is 0 Å². The van der Waals surface area contributed by atoms with Crippen LogP contribution in [0.5, 0.6) is 0 Å². The van der Waals surface area contributed by atoms with Crippen molar-refractivity contribution in [2.45, 2.75) is 25.3 Å². The molecule has 0 aromatic heterocycles. The summed E-state index contributed by atoms with van der Waals surface area (Å²) in [4.78, 5) is 0. The summed E-state index contributed by atoms with van der Waals surface area (Å²) < 4.78 is 38.2. The lowest BCUT2D eigenvalue weighted by Gasteiger charge is -2.09. The molecule has 0 spiro atoms. The lowest BCUT2D eigenvalue weighted by atomic mass is 10.0. The van der Waals surface area contributed by atoms with Crippen LogP contribution in [-0.4, -0.2) is 0 Å². The molecule has 2 rings (SSSR count). The maximum Gasteiger partial charge on any atom is 0.266 e. The molecule has 1 atom stereocenters. The Labute approximate surface area is 79.7 Å². The molecule has 2 N–H and O–H groups in total. The molecule has 0 saturated carbocycles. The maximum absolute atomic E-state index is 13.1. The van der Waals surface area contributed by atoms with E-state index in [1.807, 2.05) is 0 Å². The van der Waals surface area contributed by atoms with Crippen LogP contribution < -0.4 is 5.73 Å². The average molecular weight is 201 g/mol. The third-order valence-electron chi connectivity index (χ3n) is 2.66. The van der Waals surface area contributed by atoms with Crippen LogP contribution in [0.3, 0.4) is 0 Å². The Kier molecular flexibility index (Phi) is 2.23. The Bertz CT molecular complexity index is 363. The molecule has 14 heavy (non-hydrogen) atoms. The van der Waals surface area contributed by atoms with Gasteiger partial charge in [0.05, 0.1) is 5.56 Å². The summed E-state index contributed by atoms with van der Waals surface area (Å²) in [6.45, 7) is 0. The van der Waals surface area contributed by atoms with Crippen molar-refractivity contribution in [1.82, 2.24) is 0 Å². The zero-order valence-corrected chi connectivity index (χ0v) is 7.43. The van der Waals surface area contributed by atoms with Crippen LogP contribution in [0.4, 0.5) is 13.2 Å². The van der Waals surface area contributed by atoms with E-state index in [2.05, 4.69) is 0 Å². The lowest BCUT2D eigenvalue weighted by molar-refractivity contribution is 0.145. The van der Waals surface area contributed by atoms with Gasteiger partial charge in [-0.1, -0.05) is 6.07 Å². The molecule has 1 aromatic rings. The smallest absolute Gasteiger partial charge is 0.266 e. The molecular weight excluding hydrogens is 191 g/mol. The Morgan fingerprint density at radius 1 is 1.36 bits per heavy atom. The highest BCUT2D eigenvalue weighted by Gasteiger charge is 2.27. The molecule has 1 aliphatic rings. The van der Waals surface area contributed by atoms with E-state index in [0.717, 1.165) is 6.07 Å². The van der Waals surface area contributed by atoms with Crippen molar-refractivity contribution < 1.29 is 13.2 Å². The molecule has 0 saturated heterocycles. The van der Waals surface area contributed by atoms with Gasteiger partial charge in [0.2, 0.25) is 0 Å². The second-order valence-electron chi connectivity index (χ2n) is 3.47. The Balaban J connectivity index is 2.59. The molecule has 1 aromatic carbocycles. The van der Waals surface area contributed by atoms with Gasteiger partial charge >= 0.3 is 0 Å². The van der Waals surface area contributed by atoms with Crippen molar-refractivity contribution in [2.24, 2.45) is 5.73 Å². The first-order valence-corrected chi connectivity index (χ1v) is 4.46. The molecule has 0 fully saturated rings. The van der Waals surface area contributed by atoms with Gasteiger partial charge in [-0.05, 0) is 30.0 Å². The number of hydrogen-bond acceptors (Lipinski definition) is 1. The van der Waals surface area contributed by atoms with Gasteiger partial charge in [-0.3, -0.25) is 0 Å². The first-order valence-electron chi connectivity index (χ1n) is 4.46. The van der Waals surface area contributed by atoms with Gasteiger partial charge in [0.15, 0.2) is 0 Å². The molecule has 0 radical (unpaired) electrons. The second-order valence-corrected chi connectivity index (χ2v) is 3.47. The molecule has 0 amide bonds. The highest BCUT2D eigenvalue weighted by atomic mass is 19.3. The van der Waals surface area contributed by atoms with Gasteiger partial charge in [0.25, 0.3) is 6.43 Å². The first kappa shape index (κ1) is 9.52. The molecule has 1 nitrogen and oxygen atoms in total. The predicted molar refractivity (Wildman–Crippen MR) is 46.6 cm³/mol. The summed E-state index contributed by atoms with van der Waals surface area (Å²) in [6, 6.07) is 2.36. The highest BCUT2D eigenvalue weighted by molar-refractivity contribution is 5.42. The van der Waals surface area contributed by atoms with Crippen LogP contribution in [0, 0.1) is 5.82 Å². The standard InChI is InChI=1S/C10H10F3N/c11-7-3-1-5-6(2-4-8(5)14)9(7)10(12)13/h1,3,8,10H,2,4,14H2/t8-/m1/s1. The van der Waals surface area contributed by atoms with E-state index in [1.165, 1.54) is 6.07 Å². The summed E-state index contributed by atoms with van der Waals surface area (Å²) in [5.74, 6) is -0.826. The number of alkyl halides is 2. The molecule has 0 aliphatic heterocycles. The topological polar surface area (TPSA) is 26.0 Å². The van der Waals surface area contributed by atoms with E-state index in [4.69, 9.17) is 5.73 Å². The van der Waals surface area contributed by atoms with Crippen LogP contribution in [-0.2, 0) is 6.42 Å². The van der Waals surface area contributed by atoms with E-state index in [9.17, 15) is 13.2 Å². The van der Waals surface area contributed by atoms with Crippen molar-refractivity contribution in [3.05, 3.63) is 34.6 Å². The zero-order valence-electron chi connectivity index (χ0n) is 7.43. The lowest BCUT2D eigenvalue weighted by Crippen LogP contribution is -2.06. The number of halogens is 3. The number of hydrogen-bond donors (Lipinski definition) is 1. The van der Waals surface area contributed by atoms with Crippen LogP contribution in [0.15, 0.2) is 12.1 Å². The first-order chi connectivity index (χ1) is 6.61. The fraction of sp³-hybridized carbons (Fsp3) is 0.400. The quantitative estimate of drug-likeness (QED) is 0.742. The van der Waals surface area contributed by atoms with Crippen molar-refractivity contribution in [2.75, 3.05) is 0 Å². The van der Waals surface area contributed by atoms with Crippen LogP contribution >= 0.6 is 0 Å². The van der Waals surface area contributed by atoms with Crippen LogP contribution in [0.2, 0.25) is 0 Å². The monoisotopic (exact) mass is 201 g/mol. The largest absolute Gasteiger partial charge is 0.324 e. The minimum Gasteiger partial charge on any atom is -0.324 e. The Morgan fingerprint density at radius 3 is 2.71 bits per heavy atom. The van der Waals surface area contributed by atoms with E-state index in [-0.39, 0.29) is 6.04 Å². The second kappa shape index (κ2) is 3.28. The Hall–Kier alpha value is -1.03. The van der Waals surface area contributed by atoms with Crippen molar-refractivity contribution in [3.63, 3.8) is 0 Å². The van der Waals surface area contributed by atoms with Gasteiger partial charge < -0.3 is 5.73 Å².